The summed E-state index contributed by atoms with van der Waals surface area (Å²) in [5.74, 6) is -1.12. The van der Waals surface area contributed by atoms with Gasteiger partial charge in [-0.25, -0.2) is 0 Å². The first-order chi connectivity index (χ1) is 15.4. The molecule has 1 atom stereocenters. The van der Waals surface area contributed by atoms with E-state index < -0.39 is 17.7 Å². The number of ether oxygens (including phenoxy) is 1. The first kappa shape index (κ1) is 23.8. The Morgan fingerprint density at radius 3 is 2.44 bits per heavy atom. The quantitative estimate of drug-likeness (QED) is 0.349. The second-order valence-corrected chi connectivity index (χ2v) is 7.79. The Bertz CT molecular complexity index is 1010. The smallest absolute Gasteiger partial charge is 0.295 e. The van der Waals surface area contributed by atoms with E-state index in [1.807, 2.05) is 20.8 Å². The average molecular weight is 458 g/mol. The van der Waals surface area contributed by atoms with Crippen LogP contribution in [0.4, 0.5) is 0 Å². The minimum atomic E-state index is -0.714. The van der Waals surface area contributed by atoms with Gasteiger partial charge in [-0.05, 0) is 55.9 Å². The average Bonchev–Trinajstić information content (AvgIpc) is 3.06. The highest BCUT2D eigenvalue weighted by Gasteiger charge is 2.46. The zero-order valence-electron chi connectivity index (χ0n) is 18.5. The second kappa shape index (κ2) is 10.6. The number of amides is 1. The van der Waals surface area contributed by atoms with Gasteiger partial charge in [0.15, 0.2) is 0 Å². The van der Waals surface area contributed by atoms with Crippen molar-refractivity contribution in [1.29, 1.82) is 0 Å². The summed E-state index contributed by atoms with van der Waals surface area (Å²) in [5.41, 5.74) is 1.09. The van der Waals surface area contributed by atoms with Crippen LogP contribution < -0.4 is 4.74 Å². The molecule has 1 amide bonds. The lowest BCUT2D eigenvalue weighted by Gasteiger charge is -2.28. The molecule has 1 aliphatic heterocycles. The van der Waals surface area contributed by atoms with Crippen LogP contribution in [0.3, 0.4) is 0 Å². The molecule has 1 saturated heterocycles. The number of likely N-dealkylation sites (N-methyl/N-ethyl adjacent to an activating group) is 1. The van der Waals surface area contributed by atoms with E-state index in [9.17, 15) is 14.7 Å². The van der Waals surface area contributed by atoms with Crippen LogP contribution >= 0.6 is 11.6 Å². The van der Waals surface area contributed by atoms with E-state index >= 15 is 0 Å². The monoisotopic (exact) mass is 457 g/mol. The fourth-order valence-corrected chi connectivity index (χ4v) is 4.10. The molecule has 2 aromatic rings. The Balaban J connectivity index is 2.07. The molecule has 2 heterocycles. The standard InChI is InChI=1S/C24H28ClN3O4/c1-4-27(5-2)13-14-28-21(16-9-11-26-12-10-16)20(23(30)24(28)31)22(29)17-7-8-19(32-6-3)18(25)15-17/h7-12,15,21,29H,4-6,13-14H2,1-3H3/b22-20+. The number of benzene rings is 1. The van der Waals surface area contributed by atoms with Crippen LogP contribution in [0.2, 0.25) is 5.02 Å². The highest BCUT2D eigenvalue weighted by atomic mass is 35.5. The van der Waals surface area contributed by atoms with Crippen LogP contribution in [0.15, 0.2) is 48.3 Å². The summed E-state index contributed by atoms with van der Waals surface area (Å²) in [7, 11) is 0. The van der Waals surface area contributed by atoms with Crippen molar-refractivity contribution in [2.45, 2.75) is 26.8 Å². The minimum Gasteiger partial charge on any atom is -0.507 e. The minimum absolute atomic E-state index is 0.0426. The van der Waals surface area contributed by atoms with Crippen molar-refractivity contribution in [2.75, 3.05) is 32.8 Å². The molecule has 1 fully saturated rings. The number of aromatic nitrogens is 1. The summed E-state index contributed by atoms with van der Waals surface area (Å²) in [4.78, 5) is 33.8. The summed E-state index contributed by atoms with van der Waals surface area (Å²) in [6.45, 7) is 9.05. The number of hydrogen-bond donors (Lipinski definition) is 1. The van der Waals surface area contributed by atoms with E-state index in [0.29, 0.717) is 41.6 Å². The number of likely N-dealkylation sites (tertiary alicyclic amines) is 1. The van der Waals surface area contributed by atoms with Crippen LogP contribution in [0.5, 0.6) is 5.75 Å². The molecule has 1 N–H and O–H groups in total. The molecule has 8 heteroatoms. The number of aliphatic hydroxyl groups excluding tert-OH is 1. The normalized spacial score (nSPS) is 17.9. The van der Waals surface area contributed by atoms with Gasteiger partial charge in [-0.1, -0.05) is 25.4 Å². The first-order valence-electron chi connectivity index (χ1n) is 10.8. The van der Waals surface area contributed by atoms with Gasteiger partial charge < -0.3 is 19.6 Å². The molecule has 3 rings (SSSR count). The summed E-state index contributed by atoms with van der Waals surface area (Å²) >= 11 is 6.29. The largest absolute Gasteiger partial charge is 0.507 e. The Labute approximate surface area is 193 Å². The van der Waals surface area contributed by atoms with Gasteiger partial charge in [0.25, 0.3) is 11.7 Å². The maximum Gasteiger partial charge on any atom is 0.295 e. The maximum absolute atomic E-state index is 13.1. The lowest BCUT2D eigenvalue weighted by atomic mass is 9.96. The Hall–Kier alpha value is -2.90. The number of Topliss-reactive ketones (excluding diaryl/α,β-unsaturated/α-hetero) is 1. The Morgan fingerprint density at radius 2 is 1.84 bits per heavy atom. The second-order valence-electron chi connectivity index (χ2n) is 7.38. The summed E-state index contributed by atoms with van der Waals surface area (Å²) in [5, 5.41) is 11.4. The Morgan fingerprint density at radius 1 is 1.16 bits per heavy atom. The number of carbonyl (C=O) groups excluding carboxylic acids is 2. The molecule has 0 radical (unpaired) electrons. The highest BCUT2D eigenvalue weighted by Crippen LogP contribution is 2.40. The van der Waals surface area contributed by atoms with Crippen molar-refractivity contribution >= 4 is 29.1 Å². The zero-order chi connectivity index (χ0) is 23.3. The number of carbonyl (C=O) groups is 2. The van der Waals surface area contributed by atoms with Crippen molar-refractivity contribution < 1.29 is 19.4 Å². The molecular weight excluding hydrogens is 430 g/mol. The SMILES string of the molecule is CCOc1ccc(/C(O)=C2\C(=O)C(=O)N(CCN(CC)CC)C2c2ccncc2)cc1Cl. The number of aliphatic hydroxyl groups is 1. The van der Waals surface area contributed by atoms with Gasteiger partial charge >= 0.3 is 0 Å². The topological polar surface area (TPSA) is 83.0 Å². The van der Waals surface area contributed by atoms with Crippen molar-refractivity contribution in [2.24, 2.45) is 0 Å². The molecule has 0 saturated carbocycles. The molecule has 1 aromatic carbocycles. The van der Waals surface area contributed by atoms with Crippen molar-refractivity contribution in [3.8, 4) is 5.75 Å². The number of nitrogens with zero attached hydrogens (tertiary/aromatic N) is 3. The molecular formula is C24H28ClN3O4. The molecule has 1 unspecified atom stereocenters. The lowest BCUT2D eigenvalue weighted by Crippen LogP contribution is -2.38. The van der Waals surface area contributed by atoms with Crippen LogP contribution in [0.25, 0.3) is 5.76 Å². The summed E-state index contributed by atoms with van der Waals surface area (Å²) < 4.78 is 5.45. The number of rotatable bonds is 9. The molecule has 170 valence electrons. The molecule has 0 bridgehead atoms. The van der Waals surface area contributed by atoms with E-state index in [0.717, 1.165) is 13.1 Å². The van der Waals surface area contributed by atoms with Crippen molar-refractivity contribution in [3.05, 3.63) is 64.4 Å². The molecule has 32 heavy (non-hydrogen) atoms. The third kappa shape index (κ3) is 4.79. The first-order valence-corrected chi connectivity index (χ1v) is 11.1. The molecule has 1 aliphatic rings. The third-order valence-electron chi connectivity index (χ3n) is 5.62. The molecule has 0 spiro atoms. The number of halogens is 1. The van der Waals surface area contributed by atoms with Gasteiger partial charge in [-0.3, -0.25) is 14.6 Å². The number of hydrogen-bond acceptors (Lipinski definition) is 6. The number of ketones is 1. The van der Waals surface area contributed by atoms with Crippen LogP contribution in [0.1, 0.15) is 37.9 Å². The van der Waals surface area contributed by atoms with Crippen LogP contribution in [-0.4, -0.2) is 64.4 Å². The van der Waals surface area contributed by atoms with Gasteiger partial charge in [-0.15, -0.1) is 0 Å². The molecule has 7 nitrogen and oxygen atoms in total. The fraction of sp³-hybridized carbons (Fsp3) is 0.375. The Kier molecular flexibility index (Phi) is 7.88. The summed E-state index contributed by atoms with van der Waals surface area (Å²) in [6, 6.07) is 7.59. The van der Waals surface area contributed by atoms with Crippen LogP contribution in [0, 0.1) is 0 Å². The van der Waals surface area contributed by atoms with E-state index in [2.05, 4.69) is 9.88 Å². The molecule has 0 aliphatic carbocycles. The van der Waals surface area contributed by atoms with E-state index in [1.165, 1.54) is 11.0 Å². The predicted molar refractivity (Wildman–Crippen MR) is 124 cm³/mol. The van der Waals surface area contributed by atoms with Gasteiger partial charge in [0.05, 0.1) is 23.2 Å². The summed E-state index contributed by atoms with van der Waals surface area (Å²) in [6.07, 6.45) is 3.21. The number of pyridine rings is 1. The van der Waals surface area contributed by atoms with Crippen molar-refractivity contribution in [1.82, 2.24) is 14.8 Å². The molecule has 1 aromatic heterocycles. The van der Waals surface area contributed by atoms with Gasteiger partial charge in [0.2, 0.25) is 0 Å². The highest BCUT2D eigenvalue weighted by molar-refractivity contribution is 6.46. The van der Waals surface area contributed by atoms with E-state index in [4.69, 9.17) is 16.3 Å². The third-order valence-corrected chi connectivity index (χ3v) is 5.91. The van der Waals surface area contributed by atoms with Crippen LogP contribution in [-0.2, 0) is 9.59 Å². The zero-order valence-corrected chi connectivity index (χ0v) is 19.3. The van der Waals surface area contributed by atoms with Gasteiger partial charge in [0.1, 0.15) is 11.5 Å². The van der Waals surface area contributed by atoms with E-state index in [-0.39, 0.29) is 11.3 Å². The fourth-order valence-electron chi connectivity index (χ4n) is 3.87. The predicted octanol–water partition coefficient (Wildman–Crippen LogP) is 3.90. The van der Waals surface area contributed by atoms with Gasteiger partial charge in [-0.2, -0.15) is 0 Å². The van der Waals surface area contributed by atoms with E-state index in [1.54, 1.807) is 36.7 Å². The lowest BCUT2D eigenvalue weighted by molar-refractivity contribution is -0.140. The van der Waals surface area contributed by atoms with Gasteiger partial charge in [0, 0.05) is 31.0 Å². The maximum atomic E-state index is 13.1. The van der Waals surface area contributed by atoms with Crippen molar-refractivity contribution in [3.63, 3.8) is 0 Å².